The lowest BCUT2D eigenvalue weighted by Gasteiger charge is -2.10. The summed E-state index contributed by atoms with van der Waals surface area (Å²) in [7, 11) is 0. The first kappa shape index (κ1) is 14.6. The summed E-state index contributed by atoms with van der Waals surface area (Å²) >= 11 is 0. The molecule has 1 aromatic carbocycles. The molecular formula is C11H15ClN2O2. The zero-order valence-corrected chi connectivity index (χ0v) is 9.65. The van der Waals surface area contributed by atoms with Crippen molar-refractivity contribution in [1.82, 2.24) is 0 Å². The summed E-state index contributed by atoms with van der Waals surface area (Å²) in [5.41, 5.74) is 6.55. The quantitative estimate of drug-likeness (QED) is 0.490. The van der Waals surface area contributed by atoms with Crippen LogP contribution in [0.15, 0.2) is 36.9 Å². The summed E-state index contributed by atoms with van der Waals surface area (Å²) in [6.07, 6.45) is 3.19. The number of rotatable bonds is 5. The molecule has 2 N–H and O–H groups in total. The van der Waals surface area contributed by atoms with Crippen LogP contribution < -0.4 is 5.73 Å². The minimum absolute atomic E-state index is 0. The number of para-hydroxylation sites is 1. The number of nitro groups is 1. The maximum atomic E-state index is 10.7. The van der Waals surface area contributed by atoms with Crippen molar-refractivity contribution in [3.8, 4) is 0 Å². The van der Waals surface area contributed by atoms with Gasteiger partial charge in [-0.05, 0) is 12.8 Å². The smallest absolute Gasteiger partial charge is 0.274 e. The number of halogens is 1. The van der Waals surface area contributed by atoms with Gasteiger partial charge in [-0.1, -0.05) is 24.3 Å². The molecule has 1 aromatic rings. The molecule has 4 nitrogen and oxygen atoms in total. The predicted molar refractivity (Wildman–Crippen MR) is 66.7 cm³/mol. The summed E-state index contributed by atoms with van der Waals surface area (Å²) in [5, 5.41) is 10.7. The Bertz CT molecular complexity index is 369. The van der Waals surface area contributed by atoms with E-state index in [4.69, 9.17) is 5.73 Å². The highest BCUT2D eigenvalue weighted by Crippen LogP contribution is 2.25. The third-order valence-electron chi connectivity index (χ3n) is 2.21. The third-order valence-corrected chi connectivity index (χ3v) is 2.21. The zero-order valence-electron chi connectivity index (χ0n) is 8.83. The van der Waals surface area contributed by atoms with Crippen LogP contribution in [0.4, 0.5) is 5.69 Å². The van der Waals surface area contributed by atoms with Crippen molar-refractivity contribution >= 4 is 18.1 Å². The van der Waals surface area contributed by atoms with E-state index in [-0.39, 0.29) is 24.1 Å². The van der Waals surface area contributed by atoms with Crippen molar-refractivity contribution in [3.05, 3.63) is 52.6 Å². The maximum absolute atomic E-state index is 10.7. The molecule has 0 heterocycles. The Morgan fingerprint density at radius 3 is 2.69 bits per heavy atom. The van der Waals surface area contributed by atoms with Crippen molar-refractivity contribution in [3.63, 3.8) is 0 Å². The number of hydrogen-bond donors (Lipinski definition) is 1. The molecule has 0 radical (unpaired) electrons. The highest BCUT2D eigenvalue weighted by molar-refractivity contribution is 5.85. The molecule has 0 unspecified atom stereocenters. The van der Waals surface area contributed by atoms with Gasteiger partial charge in [0.25, 0.3) is 5.69 Å². The van der Waals surface area contributed by atoms with E-state index in [0.717, 1.165) is 6.42 Å². The fourth-order valence-electron chi connectivity index (χ4n) is 1.42. The first-order chi connectivity index (χ1) is 7.16. The Morgan fingerprint density at radius 2 is 2.12 bits per heavy atom. The number of benzene rings is 1. The van der Waals surface area contributed by atoms with Gasteiger partial charge in [-0.25, -0.2) is 0 Å². The summed E-state index contributed by atoms with van der Waals surface area (Å²) in [6.45, 7) is 3.59. The van der Waals surface area contributed by atoms with Crippen molar-refractivity contribution in [1.29, 1.82) is 0 Å². The highest BCUT2D eigenvalue weighted by atomic mass is 35.5. The Morgan fingerprint density at radius 1 is 1.50 bits per heavy atom. The van der Waals surface area contributed by atoms with Gasteiger partial charge in [-0.3, -0.25) is 10.1 Å². The normalized spacial score (nSPS) is 11.3. The van der Waals surface area contributed by atoms with Gasteiger partial charge in [0.2, 0.25) is 0 Å². The number of hydrogen-bond acceptors (Lipinski definition) is 3. The van der Waals surface area contributed by atoms with E-state index in [1.54, 1.807) is 24.3 Å². The number of nitrogens with two attached hydrogens (primary N) is 1. The molecule has 88 valence electrons. The average molecular weight is 243 g/mol. The molecule has 0 saturated carbocycles. The fourth-order valence-corrected chi connectivity index (χ4v) is 1.42. The maximum Gasteiger partial charge on any atom is 0.274 e. The van der Waals surface area contributed by atoms with Gasteiger partial charge >= 0.3 is 0 Å². The largest absolute Gasteiger partial charge is 0.324 e. The predicted octanol–water partition coefficient (Wildman–Crippen LogP) is 2.98. The second kappa shape index (κ2) is 6.98. The van der Waals surface area contributed by atoms with Crippen LogP contribution in [0.5, 0.6) is 0 Å². The van der Waals surface area contributed by atoms with Gasteiger partial charge < -0.3 is 5.73 Å². The molecule has 0 aliphatic heterocycles. The van der Waals surface area contributed by atoms with Crippen LogP contribution in [0.25, 0.3) is 0 Å². The van der Waals surface area contributed by atoms with E-state index in [2.05, 4.69) is 6.58 Å². The molecule has 0 bridgehead atoms. The lowest BCUT2D eigenvalue weighted by atomic mass is 10.0. The molecule has 0 spiro atoms. The van der Waals surface area contributed by atoms with Crippen LogP contribution in [0.3, 0.4) is 0 Å². The Balaban J connectivity index is 0.00000225. The number of nitro benzene ring substituents is 1. The lowest BCUT2D eigenvalue weighted by molar-refractivity contribution is -0.385. The summed E-state index contributed by atoms with van der Waals surface area (Å²) in [6, 6.07) is 6.28. The third kappa shape index (κ3) is 3.64. The minimum atomic E-state index is -0.400. The molecule has 0 aromatic heterocycles. The molecule has 0 aliphatic carbocycles. The van der Waals surface area contributed by atoms with Gasteiger partial charge in [-0.2, -0.15) is 0 Å². The fraction of sp³-hybridized carbons (Fsp3) is 0.273. The van der Waals surface area contributed by atoms with Crippen molar-refractivity contribution in [2.75, 3.05) is 0 Å². The Kier molecular flexibility index (Phi) is 6.37. The van der Waals surface area contributed by atoms with E-state index in [1.165, 1.54) is 6.07 Å². The van der Waals surface area contributed by atoms with Crippen molar-refractivity contribution in [2.45, 2.75) is 18.9 Å². The number of allylic oxidation sites excluding steroid dienone is 1. The van der Waals surface area contributed by atoms with Crippen LogP contribution in [0, 0.1) is 10.1 Å². The summed E-state index contributed by atoms with van der Waals surface area (Å²) < 4.78 is 0. The molecule has 0 aliphatic rings. The molecule has 16 heavy (non-hydrogen) atoms. The molecule has 1 rings (SSSR count). The van der Waals surface area contributed by atoms with E-state index in [9.17, 15) is 10.1 Å². The van der Waals surface area contributed by atoms with E-state index in [0.29, 0.717) is 12.0 Å². The first-order valence-corrected chi connectivity index (χ1v) is 4.76. The zero-order chi connectivity index (χ0) is 11.3. The Hall–Kier alpha value is -1.39. The lowest BCUT2D eigenvalue weighted by Crippen LogP contribution is -2.11. The SMILES string of the molecule is C=CCC[C@@H](N)c1ccccc1[N+](=O)[O-].Cl. The Labute approximate surface area is 101 Å². The highest BCUT2D eigenvalue weighted by Gasteiger charge is 2.17. The second-order valence-electron chi connectivity index (χ2n) is 3.29. The number of nitrogens with zero attached hydrogens (tertiary/aromatic N) is 1. The first-order valence-electron chi connectivity index (χ1n) is 4.76. The van der Waals surface area contributed by atoms with E-state index >= 15 is 0 Å². The molecule has 1 atom stereocenters. The molecular weight excluding hydrogens is 228 g/mol. The average Bonchev–Trinajstić information content (AvgIpc) is 2.25. The topological polar surface area (TPSA) is 69.2 Å². The summed E-state index contributed by atoms with van der Waals surface area (Å²) in [5.74, 6) is 0. The summed E-state index contributed by atoms with van der Waals surface area (Å²) in [4.78, 5) is 10.3. The van der Waals surface area contributed by atoms with Crippen molar-refractivity contribution in [2.24, 2.45) is 5.73 Å². The van der Waals surface area contributed by atoms with Gasteiger partial charge in [0.1, 0.15) is 0 Å². The molecule has 5 heteroatoms. The van der Waals surface area contributed by atoms with E-state index in [1.807, 2.05) is 0 Å². The minimum Gasteiger partial charge on any atom is -0.324 e. The van der Waals surface area contributed by atoms with E-state index < -0.39 is 4.92 Å². The molecule has 0 fully saturated rings. The molecule has 0 amide bonds. The van der Waals surface area contributed by atoms with Crippen molar-refractivity contribution < 1.29 is 4.92 Å². The molecule has 0 saturated heterocycles. The van der Waals surface area contributed by atoms with Crippen LogP contribution in [0.1, 0.15) is 24.4 Å². The standard InChI is InChI=1S/C11H14N2O2.ClH/c1-2-3-7-10(12)9-6-4-5-8-11(9)13(14)15;/h2,4-6,8,10H,1,3,7,12H2;1H/t10-;/m1./s1. The van der Waals surface area contributed by atoms with Gasteiger partial charge in [0.15, 0.2) is 0 Å². The monoisotopic (exact) mass is 242 g/mol. The van der Waals surface area contributed by atoms with Gasteiger partial charge in [-0.15, -0.1) is 19.0 Å². The van der Waals surface area contributed by atoms with Gasteiger partial charge in [0, 0.05) is 17.7 Å². The second-order valence-corrected chi connectivity index (χ2v) is 3.29. The van der Waals surface area contributed by atoms with Crippen LogP contribution in [-0.4, -0.2) is 4.92 Å². The van der Waals surface area contributed by atoms with Gasteiger partial charge in [0.05, 0.1) is 4.92 Å². The van der Waals surface area contributed by atoms with Crippen LogP contribution in [0.2, 0.25) is 0 Å². The van der Waals surface area contributed by atoms with Crippen LogP contribution in [-0.2, 0) is 0 Å². The van der Waals surface area contributed by atoms with Crippen LogP contribution >= 0.6 is 12.4 Å².